The van der Waals surface area contributed by atoms with E-state index in [-0.39, 0.29) is 18.6 Å². The van der Waals surface area contributed by atoms with Crippen LogP contribution in [0.2, 0.25) is 0 Å². The van der Waals surface area contributed by atoms with E-state index < -0.39 is 11.6 Å². The van der Waals surface area contributed by atoms with Crippen molar-refractivity contribution in [3.05, 3.63) is 108 Å². The van der Waals surface area contributed by atoms with E-state index in [1.54, 1.807) is 0 Å². The number of rotatable bonds is 15. The number of ether oxygens (including phenoxy) is 3. The molecule has 1 aliphatic heterocycles. The van der Waals surface area contributed by atoms with Crippen molar-refractivity contribution in [3.8, 4) is 5.75 Å². The van der Waals surface area contributed by atoms with Gasteiger partial charge in [0.15, 0.2) is 11.6 Å². The third kappa shape index (κ3) is 8.28. The standard InChI is InChI=1S/C34H40N2O5/c1-26(2)39-24-10-22-35-33(38)34(21-9-14-27-12-5-3-6-13-27)31(28-15-7-4-8-16-28)41-32(36-34)29-17-19-30(20-18-29)40-25-11-23-37/h3-9,12-20,26,31,37H,10-11,21-25H2,1-2H3,(H,35,38)/b14-9+/t31-,34-/m1/s1. The highest BCUT2D eigenvalue weighted by atomic mass is 16.5. The Morgan fingerprint density at radius 3 is 2.39 bits per heavy atom. The Kier molecular flexibility index (Phi) is 11.1. The first-order valence-electron chi connectivity index (χ1n) is 14.3. The van der Waals surface area contributed by atoms with Gasteiger partial charge in [-0.2, -0.15) is 0 Å². The minimum absolute atomic E-state index is 0.0806. The number of aliphatic hydroxyl groups is 1. The molecule has 3 aromatic carbocycles. The van der Waals surface area contributed by atoms with Crippen LogP contribution in [0, 0.1) is 0 Å². The zero-order valence-corrected chi connectivity index (χ0v) is 23.9. The molecule has 0 radical (unpaired) electrons. The molecular weight excluding hydrogens is 516 g/mol. The maximum absolute atomic E-state index is 14.1. The molecule has 1 aliphatic rings. The van der Waals surface area contributed by atoms with Crippen LogP contribution >= 0.6 is 0 Å². The van der Waals surface area contributed by atoms with Crippen molar-refractivity contribution < 1.29 is 24.1 Å². The van der Waals surface area contributed by atoms with E-state index in [0.29, 0.717) is 50.7 Å². The van der Waals surface area contributed by atoms with Gasteiger partial charge in [-0.15, -0.1) is 0 Å². The lowest BCUT2D eigenvalue weighted by atomic mass is 9.84. The lowest BCUT2D eigenvalue weighted by molar-refractivity contribution is -0.128. The van der Waals surface area contributed by atoms with Crippen molar-refractivity contribution in [2.24, 2.45) is 4.99 Å². The van der Waals surface area contributed by atoms with Gasteiger partial charge in [-0.1, -0.05) is 72.8 Å². The van der Waals surface area contributed by atoms with Gasteiger partial charge in [0.1, 0.15) is 5.75 Å². The van der Waals surface area contributed by atoms with E-state index in [1.165, 1.54) is 0 Å². The van der Waals surface area contributed by atoms with E-state index in [1.807, 2.05) is 111 Å². The Bertz CT molecular complexity index is 1280. The smallest absolute Gasteiger partial charge is 0.252 e. The summed E-state index contributed by atoms with van der Waals surface area (Å²) in [5.74, 6) is 0.915. The fourth-order valence-corrected chi connectivity index (χ4v) is 4.63. The van der Waals surface area contributed by atoms with E-state index in [0.717, 1.165) is 16.7 Å². The topological polar surface area (TPSA) is 89.4 Å². The van der Waals surface area contributed by atoms with Gasteiger partial charge in [-0.3, -0.25) is 4.79 Å². The summed E-state index contributed by atoms with van der Waals surface area (Å²) in [6, 6.07) is 27.2. The molecule has 216 valence electrons. The number of hydrogen-bond donors (Lipinski definition) is 2. The summed E-state index contributed by atoms with van der Waals surface area (Å²) >= 11 is 0. The van der Waals surface area contributed by atoms with Gasteiger partial charge in [0, 0.05) is 38.2 Å². The summed E-state index contributed by atoms with van der Waals surface area (Å²) in [6.07, 6.45) is 5.15. The molecule has 0 bridgehead atoms. The third-order valence-electron chi connectivity index (χ3n) is 6.73. The first-order chi connectivity index (χ1) is 20.0. The molecule has 0 spiro atoms. The average Bonchev–Trinajstić information content (AvgIpc) is 3.39. The maximum Gasteiger partial charge on any atom is 0.252 e. The molecule has 0 aromatic heterocycles. The van der Waals surface area contributed by atoms with Crippen molar-refractivity contribution in [1.82, 2.24) is 5.32 Å². The molecule has 7 nitrogen and oxygen atoms in total. The summed E-state index contributed by atoms with van der Waals surface area (Å²) in [5.41, 5.74) is 1.47. The maximum atomic E-state index is 14.1. The molecule has 41 heavy (non-hydrogen) atoms. The summed E-state index contributed by atoms with van der Waals surface area (Å²) in [7, 11) is 0. The molecular formula is C34H40N2O5. The van der Waals surface area contributed by atoms with E-state index >= 15 is 0 Å². The van der Waals surface area contributed by atoms with Gasteiger partial charge >= 0.3 is 0 Å². The Labute approximate surface area is 242 Å². The van der Waals surface area contributed by atoms with Crippen LogP contribution in [0.25, 0.3) is 6.08 Å². The first-order valence-corrected chi connectivity index (χ1v) is 14.3. The van der Waals surface area contributed by atoms with Crippen LogP contribution in [0.4, 0.5) is 0 Å². The van der Waals surface area contributed by atoms with Crippen LogP contribution in [0.1, 0.15) is 55.9 Å². The number of carbonyl (C=O) groups excluding carboxylic acids is 1. The van der Waals surface area contributed by atoms with Gasteiger partial charge in [-0.05, 0) is 55.7 Å². The number of aliphatic hydroxyl groups excluding tert-OH is 1. The third-order valence-corrected chi connectivity index (χ3v) is 6.73. The molecule has 3 aromatic rings. The van der Waals surface area contributed by atoms with Crippen molar-refractivity contribution >= 4 is 17.9 Å². The highest BCUT2D eigenvalue weighted by molar-refractivity contribution is 6.01. The fraction of sp³-hybridized carbons (Fsp3) is 0.353. The Morgan fingerprint density at radius 2 is 1.71 bits per heavy atom. The Morgan fingerprint density at radius 1 is 1.00 bits per heavy atom. The molecule has 0 unspecified atom stereocenters. The van der Waals surface area contributed by atoms with Crippen molar-refractivity contribution in [3.63, 3.8) is 0 Å². The molecule has 1 amide bonds. The van der Waals surface area contributed by atoms with Crippen LogP contribution < -0.4 is 10.1 Å². The van der Waals surface area contributed by atoms with Gasteiger partial charge in [0.25, 0.3) is 5.91 Å². The summed E-state index contributed by atoms with van der Waals surface area (Å²) in [6.45, 7) is 5.55. The largest absolute Gasteiger partial charge is 0.494 e. The fourth-order valence-electron chi connectivity index (χ4n) is 4.63. The van der Waals surface area contributed by atoms with Crippen molar-refractivity contribution in [2.45, 2.75) is 50.9 Å². The van der Waals surface area contributed by atoms with Crippen molar-refractivity contribution in [2.75, 3.05) is 26.4 Å². The van der Waals surface area contributed by atoms with Crippen LogP contribution in [0.3, 0.4) is 0 Å². The number of amides is 1. The normalized spacial score (nSPS) is 18.3. The molecule has 1 heterocycles. The van der Waals surface area contributed by atoms with Gasteiger partial charge in [0.2, 0.25) is 5.90 Å². The molecule has 0 saturated carbocycles. The van der Waals surface area contributed by atoms with Crippen molar-refractivity contribution in [1.29, 1.82) is 0 Å². The second-order valence-electron chi connectivity index (χ2n) is 10.2. The first kappa shape index (κ1) is 30.0. The number of hydrogen-bond acceptors (Lipinski definition) is 6. The van der Waals surface area contributed by atoms with Gasteiger partial charge in [-0.25, -0.2) is 4.99 Å². The SMILES string of the molecule is CC(C)OCCCNC(=O)[C@]1(C/C=C/c2ccccc2)N=C(c2ccc(OCCCO)cc2)O[C@@H]1c1ccccc1. The van der Waals surface area contributed by atoms with Gasteiger partial charge in [0.05, 0.1) is 12.7 Å². The van der Waals surface area contributed by atoms with E-state index in [4.69, 9.17) is 24.3 Å². The Balaban J connectivity index is 1.65. The molecule has 0 fully saturated rings. The molecule has 2 atom stereocenters. The van der Waals surface area contributed by atoms with Crippen LogP contribution in [0.15, 0.2) is 96.0 Å². The molecule has 0 aliphatic carbocycles. The zero-order valence-electron chi connectivity index (χ0n) is 23.9. The minimum atomic E-state index is -1.21. The number of nitrogens with zero attached hydrogens (tertiary/aromatic N) is 1. The van der Waals surface area contributed by atoms with Gasteiger partial charge < -0.3 is 24.6 Å². The molecule has 7 heteroatoms. The minimum Gasteiger partial charge on any atom is -0.494 e. The second-order valence-corrected chi connectivity index (χ2v) is 10.2. The highest BCUT2D eigenvalue weighted by Gasteiger charge is 2.52. The Hall–Kier alpha value is -3.94. The average molecular weight is 557 g/mol. The van der Waals surface area contributed by atoms with Crippen LogP contribution in [-0.4, -0.2) is 54.9 Å². The van der Waals surface area contributed by atoms with Crippen LogP contribution in [0.5, 0.6) is 5.75 Å². The monoisotopic (exact) mass is 556 g/mol. The lowest BCUT2D eigenvalue weighted by Crippen LogP contribution is -2.48. The quantitative estimate of drug-likeness (QED) is 0.233. The van der Waals surface area contributed by atoms with E-state index in [2.05, 4.69) is 5.32 Å². The summed E-state index contributed by atoms with van der Waals surface area (Å²) < 4.78 is 17.9. The molecule has 0 saturated heterocycles. The van der Waals surface area contributed by atoms with Crippen LogP contribution in [-0.2, 0) is 14.3 Å². The summed E-state index contributed by atoms with van der Waals surface area (Å²) in [5, 5.41) is 12.1. The highest BCUT2D eigenvalue weighted by Crippen LogP contribution is 2.43. The number of carbonyl (C=O) groups is 1. The number of aliphatic imine (C=N–C) groups is 1. The number of benzene rings is 3. The lowest BCUT2D eigenvalue weighted by Gasteiger charge is -2.29. The summed E-state index contributed by atoms with van der Waals surface area (Å²) in [4.78, 5) is 19.1. The van der Waals surface area contributed by atoms with E-state index in [9.17, 15) is 4.79 Å². The predicted molar refractivity (Wildman–Crippen MR) is 162 cm³/mol. The predicted octanol–water partition coefficient (Wildman–Crippen LogP) is 5.74. The molecule has 2 N–H and O–H groups in total. The number of nitrogens with one attached hydrogen (secondary N) is 1. The zero-order chi connectivity index (χ0) is 28.9. The second kappa shape index (κ2) is 15.2. The molecule has 4 rings (SSSR count).